The van der Waals surface area contributed by atoms with E-state index in [1.807, 2.05) is 38.1 Å². The minimum atomic E-state index is -0.861. The van der Waals surface area contributed by atoms with Crippen LogP contribution in [0.25, 0.3) is 5.76 Å². The Labute approximate surface area is 229 Å². The lowest BCUT2D eigenvalue weighted by molar-refractivity contribution is -0.132. The molecule has 4 rings (SSSR count). The SMILES string of the molecule is CC(=O)Nc1ccc(N2C(=O)C(=O)/C(=C(\O)c3cccc(OC(C)C)c3)C2c2ccc(C(C)(C)C)cc2)cc1. The van der Waals surface area contributed by atoms with E-state index in [2.05, 4.69) is 26.1 Å². The molecule has 3 aromatic rings. The lowest BCUT2D eigenvalue weighted by atomic mass is 9.85. The molecule has 1 aliphatic heterocycles. The summed E-state index contributed by atoms with van der Waals surface area (Å²) in [6.07, 6.45) is -0.0743. The molecule has 39 heavy (non-hydrogen) atoms. The topological polar surface area (TPSA) is 95.9 Å². The summed E-state index contributed by atoms with van der Waals surface area (Å²) in [6.45, 7) is 11.5. The maximum atomic E-state index is 13.5. The van der Waals surface area contributed by atoms with E-state index >= 15 is 0 Å². The zero-order valence-corrected chi connectivity index (χ0v) is 23.1. The molecule has 202 valence electrons. The average Bonchev–Trinajstić information content (AvgIpc) is 3.13. The third kappa shape index (κ3) is 5.87. The summed E-state index contributed by atoms with van der Waals surface area (Å²) >= 11 is 0. The quantitative estimate of drug-likeness (QED) is 0.221. The highest BCUT2D eigenvalue weighted by Crippen LogP contribution is 2.43. The number of hydrogen-bond donors (Lipinski definition) is 2. The zero-order chi connectivity index (χ0) is 28.5. The fraction of sp³-hybridized carbons (Fsp3) is 0.281. The second kappa shape index (κ2) is 10.8. The molecule has 7 heteroatoms. The first-order valence-corrected chi connectivity index (χ1v) is 12.9. The van der Waals surface area contributed by atoms with Crippen LogP contribution in [0, 0.1) is 0 Å². The Morgan fingerprint density at radius 3 is 2.18 bits per heavy atom. The van der Waals surface area contributed by atoms with Crippen LogP contribution in [0.2, 0.25) is 0 Å². The van der Waals surface area contributed by atoms with Crippen molar-refractivity contribution in [3.8, 4) is 5.75 Å². The first-order chi connectivity index (χ1) is 18.4. The van der Waals surface area contributed by atoms with E-state index in [1.54, 1.807) is 48.5 Å². The highest BCUT2D eigenvalue weighted by molar-refractivity contribution is 6.51. The lowest BCUT2D eigenvalue weighted by Crippen LogP contribution is -2.29. The average molecular weight is 527 g/mol. The number of amides is 2. The number of nitrogens with zero attached hydrogens (tertiary/aromatic N) is 1. The van der Waals surface area contributed by atoms with Gasteiger partial charge in [-0.1, -0.05) is 57.2 Å². The lowest BCUT2D eigenvalue weighted by Gasteiger charge is -2.27. The largest absolute Gasteiger partial charge is 0.507 e. The number of anilines is 2. The molecule has 1 atom stereocenters. The molecule has 3 aromatic carbocycles. The van der Waals surface area contributed by atoms with Crippen molar-refractivity contribution in [1.29, 1.82) is 0 Å². The minimum Gasteiger partial charge on any atom is -0.507 e. The third-order valence-electron chi connectivity index (χ3n) is 6.48. The van der Waals surface area contributed by atoms with Crippen LogP contribution in [0.5, 0.6) is 5.75 Å². The van der Waals surface area contributed by atoms with Gasteiger partial charge >= 0.3 is 0 Å². The normalized spacial score (nSPS) is 17.0. The van der Waals surface area contributed by atoms with Gasteiger partial charge in [0.1, 0.15) is 11.5 Å². The van der Waals surface area contributed by atoms with E-state index in [1.165, 1.54) is 11.8 Å². The maximum Gasteiger partial charge on any atom is 0.300 e. The van der Waals surface area contributed by atoms with Gasteiger partial charge in [0, 0.05) is 23.9 Å². The summed E-state index contributed by atoms with van der Waals surface area (Å²) < 4.78 is 5.78. The van der Waals surface area contributed by atoms with Crippen molar-refractivity contribution < 1.29 is 24.2 Å². The molecule has 1 aliphatic rings. The number of Topliss-reactive ketones (excluding diaryl/α,β-unsaturated/α-hetero) is 1. The summed E-state index contributed by atoms with van der Waals surface area (Å²) in [5.41, 5.74) is 3.10. The Bertz CT molecular complexity index is 1430. The molecule has 1 heterocycles. The standard InChI is InChI=1S/C32H34N2O5/c1-19(2)39-26-9-7-8-22(18-26)29(36)27-28(21-10-12-23(13-11-21)32(4,5)6)34(31(38)30(27)37)25-16-14-24(15-17-25)33-20(3)35/h7-19,28,36H,1-6H3,(H,33,35)/b29-27-. The van der Waals surface area contributed by atoms with E-state index in [9.17, 15) is 19.5 Å². The molecule has 0 bridgehead atoms. The fourth-order valence-corrected chi connectivity index (χ4v) is 4.63. The van der Waals surface area contributed by atoms with Gasteiger partial charge in [0.15, 0.2) is 0 Å². The van der Waals surface area contributed by atoms with E-state index < -0.39 is 17.7 Å². The van der Waals surface area contributed by atoms with Gasteiger partial charge in [0.05, 0.1) is 17.7 Å². The smallest absolute Gasteiger partial charge is 0.300 e. The number of carbonyl (C=O) groups excluding carboxylic acids is 3. The molecule has 0 saturated carbocycles. The molecule has 7 nitrogen and oxygen atoms in total. The number of hydrogen-bond acceptors (Lipinski definition) is 5. The summed E-state index contributed by atoms with van der Waals surface area (Å²) in [6, 6.07) is 20.4. The second-order valence-corrected chi connectivity index (χ2v) is 11.0. The number of aliphatic hydroxyl groups excluding tert-OH is 1. The fourth-order valence-electron chi connectivity index (χ4n) is 4.63. The van der Waals surface area contributed by atoms with Gasteiger partial charge in [-0.05, 0) is 66.8 Å². The molecule has 2 amide bonds. The number of carbonyl (C=O) groups is 3. The van der Waals surface area contributed by atoms with Crippen LogP contribution < -0.4 is 15.0 Å². The van der Waals surface area contributed by atoms with Crippen molar-refractivity contribution in [2.24, 2.45) is 0 Å². The Balaban J connectivity index is 1.87. The van der Waals surface area contributed by atoms with E-state index in [0.29, 0.717) is 28.3 Å². The third-order valence-corrected chi connectivity index (χ3v) is 6.48. The summed E-state index contributed by atoms with van der Waals surface area (Å²) in [4.78, 5) is 39.8. The van der Waals surface area contributed by atoms with Crippen molar-refractivity contribution in [3.63, 3.8) is 0 Å². The van der Waals surface area contributed by atoms with Crippen LogP contribution in [0.3, 0.4) is 0 Å². The predicted octanol–water partition coefficient (Wildman–Crippen LogP) is 6.36. The number of nitrogens with one attached hydrogen (secondary N) is 1. The number of rotatable bonds is 6. The molecular formula is C32H34N2O5. The Morgan fingerprint density at radius 1 is 0.974 bits per heavy atom. The van der Waals surface area contributed by atoms with Gasteiger partial charge in [0.25, 0.3) is 11.7 Å². The highest BCUT2D eigenvalue weighted by atomic mass is 16.5. The van der Waals surface area contributed by atoms with Gasteiger partial charge in [0.2, 0.25) is 5.91 Å². The van der Waals surface area contributed by atoms with Crippen molar-refractivity contribution in [2.45, 2.75) is 59.1 Å². The molecule has 1 unspecified atom stereocenters. The first kappa shape index (κ1) is 27.6. The van der Waals surface area contributed by atoms with Gasteiger partial charge in [-0.15, -0.1) is 0 Å². The molecule has 0 spiro atoms. The predicted molar refractivity (Wildman–Crippen MR) is 153 cm³/mol. The van der Waals surface area contributed by atoms with Crippen LogP contribution in [0.4, 0.5) is 11.4 Å². The van der Waals surface area contributed by atoms with Crippen LogP contribution in [0.1, 0.15) is 64.3 Å². The summed E-state index contributed by atoms with van der Waals surface area (Å²) in [7, 11) is 0. The van der Waals surface area contributed by atoms with E-state index in [4.69, 9.17) is 4.74 Å². The first-order valence-electron chi connectivity index (χ1n) is 12.9. The van der Waals surface area contributed by atoms with E-state index in [-0.39, 0.29) is 28.8 Å². The van der Waals surface area contributed by atoms with Crippen molar-refractivity contribution in [3.05, 3.63) is 95.1 Å². The van der Waals surface area contributed by atoms with Crippen molar-refractivity contribution in [1.82, 2.24) is 0 Å². The molecule has 1 saturated heterocycles. The minimum absolute atomic E-state index is 0.00357. The molecule has 0 aromatic heterocycles. The van der Waals surface area contributed by atoms with Gasteiger partial charge in [-0.25, -0.2) is 0 Å². The van der Waals surface area contributed by atoms with Crippen molar-refractivity contribution in [2.75, 3.05) is 10.2 Å². The molecule has 0 radical (unpaired) electrons. The van der Waals surface area contributed by atoms with Crippen LogP contribution >= 0.6 is 0 Å². The number of ketones is 1. The monoisotopic (exact) mass is 526 g/mol. The number of benzene rings is 3. The summed E-state index contributed by atoms with van der Waals surface area (Å²) in [5, 5.41) is 14.2. The summed E-state index contributed by atoms with van der Waals surface area (Å²) in [5.74, 6) is -1.47. The highest BCUT2D eigenvalue weighted by Gasteiger charge is 2.47. The number of aliphatic hydroxyl groups is 1. The maximum absolute atomic E-state index is 13.5. The Kier molecular flexibility index (Phi) is 7.63. The molecule has 2 N–H and O–H groups in total. The van der Waals surface area contributed by atoms with Gasteiger partial charge in [-0.2, -0.15) is 0 Å². The molecule has 1 fully saturated rings. The molecule has 0 aliphatic carbocycles. The van der Waals surface area contributed by atoms with Crippen LogP contribution in [0.15, 0.2) is 78.4 Å². The Hall–Kier alpha value is -4.39. The number of ether oxygens (including phenoxy) is 1. The van der Waals surface area contributed by atoms with Crippen LogP contribution in [-0.4, -0.2) is 28.8 Å². The van der Waals surface area contributed by atoms with Crippen molar-refractivity contribution >= 4 is 34.7 Å². The van der Waals surface area contributed by atoms with Gasteiger partial charge < -0.3 is 15.2 Å². The molecular weight excluding hydrogens is 492 g/mol. The second-order valence-electron chi connectivity index (χ2n) is 11.0. The zero-order valence-electron chi connectivity index (χ0n) is 23.1. The van der Waals surface area contributed by atoms with Gasteiger partial charge in [-0.3, -0.25) is 19.3 Å². The van der Waals surface area contributed by atoms with Crippen LogP contribution in [-0.2, 0) is 19.8 Å². The van der Waals surface area contributed by atoms with E-state index in [0.717, 1.165) is 5.56 Å². The Morgan fingerprint density at radius 2 is 1.62 bits per heavy atom.